The van der Waals surface area contributed by atoms with Gasteiger partial charge in [0.05, 0.1) is 0 Å². The van der Waals surface area contributed by atoms with Gasteiger partial charge in [-0.1, -0.05) is 26.0 Å². The molecule has 0 atom stereocenters. The molecule has 0 unspecified atom stereocenters. The fraction of sp³-hybridized carbons (Fsp3) is 0.556. The molecule has 0 saturated heterocycles. The third-order valence-electron chi connectivity index (χ3n) is 1.18. The van der Waals surface area contributed by atoms with Crippen molar-refractivity contribution < 1.29 is 0 Å². The van der Waals surface area contributed by atoms with Crippen LogP contribution in [0.1, 0.15) is 27.2 Å². The Hall–Kier alpha value is -0.720. The summed E-state index contributed by atoms with van der Waals surface area (Å²) < 4.78 is 0. The Morgan fingerprint density at radius 3 is 2.60 bits per heavy atom. The van der Waals surface area contributed by atoms with Crippen molar-refractivity contribution in [1.82, 2.24) is 5.32 Å². The van der Waals surface area contributed by atoms with Crippen LogP contribution in [0.4, 0.5) is 0 Å². The van der Waals surface area contributed by atoms with Crippen molar-refractivity contribution in [2.75, 3.05) is 0 Å². The van der Waals surface area contributed by atoms with Gasteiger partial charge < -0.3 is 5.32 Å². The highest BCUT2D eigenvalue weighted by Crippen LogP contribution is 2.07. The molecule has 10 heavy (non-hydrogen) atoms. The first-order chi connectivity index (χ1) is 4.66. The molecule has 0 rings (SSSR count). The molecule has 0 aromatic carbocycles. The Bertz CT molecular complexity index is 123. The first-order valence-electron chi connectivity index (χ1n) is 3.69. The molecule has 1 heteroatoms. The molecule has 0 aliphatic rings. The van der Waals surface area contributed by atoms with Gasteiger partial charge in [-0.25, -0.2) is 0 Å². The zero-order valence-electron chi connectivity index (χ0n) is 7.15. The molecule has 0 aromatic rings. The lowest BCUT2D eigenvalue weighted by molar-refractivity contribution is 0.640. The zero-order chi connectivity index (χ0) is 7.98. The second kappa shape index (κ2) is 5.10. The summed E-state index contributed by atoms with van der Waals surface area (Å²) in [5.74, 6) is 0.739. The average molecular weight is 139 g/mol. The summed E-state index contributed by atoms with van der Waals surface area (Å²) in [6.45, 7) is 10.1. The molecular formula is C9H17N. The fourth-order valence-electron chi connectivity index (χ4n) is 0.904. The smallest absolute Gasteiger partial charge is 0.000654 e. The number of nitrogens with one attached hydrogen (secondary N) is 1. The molecule has 0 aromatic heterocycles. The molecule has 0 radical (unpaired) electrons. The Labute approximate surface area is 63.8 Å². The number of allylic oxidation sites excluding steroid dienone is 1. The Morgan fingerprint density at radius 2 is 2.20 bits per heavy atom. The first-order valence-corrected chi connectivity index (χ1v) is 3.69. The van der Waals surface area contributed by atoms with E-state index in [0.717, 1.165) is 12.3 Å². The van der Waals surface area contributed by atoms with Gasteiger partial charge in [-0.15, -0.1) is 0 Å². The molecule has 0 amide bonds. The highest BCUT2D eigenvalue weighted by atomic mass is 14.8. The molecular weight excluding hydrogens is 122 g/mol. The Kier molecular flexibility index (Phi) is 4.73. The van der Waals surface area contributed by atoms with Crippen LogP contribution < -0.4 is 5.32 Å². The van der Waals surface area contributed by atoms with Gasteiger partial charge in [0.1, 0.15) is 0 Å². The molecule has 58 valence electrons. The summed E-state index contributed by atoms with van der Waals surface area (Å²) in [6, 6.07) is 0. The lowest BCUT2D eigenvalue weighted by Gasteiger charge is -2.03. The topological polar surface area (TPSA) is 12.0 Å². The van der Waals surface area contributed by atoms with Crippen LogP contribution in [0.2, 0.25) is 0 Å². The third-order valence-corrected chi connectivity index (χ3v) is 1.18. The standard InChI is InChI=1S/C9H17N/c1-5-10-7-9(4)6-8(2)3/h5,7-8,10H,1,6H2,2-4H3/b9-7+. The normalized spacial score (nSPS) is 11.8. The minimum absolute atomic E-state index is 0.739. The lowest BCUT2D eigenvalue weighted by Crippen LogP contribution is -1.95. The van der Waals surface area contributed by atoms with E-state index in [1.807, 2.05) is 6.20 Å². The second-order valence-corrected chi connectivity index (χ2v) is 2.96. The van der Waals surface area contributed by atoms with Gasteiger partial charge in [-0.05, 0) is 31.7 Å². The van der Waals surface area contributed by atoms with Gasteiger partial charge in [0.15, 0.2) is 0 Å². The lowest BCUT2D eigenvalue weighted by atomic mass is 10.1. The van der Waals surface area contributed by atoms with Crippen molar-refractivity contribution in [2.24, 2.45) is 5.92 Å². The van der Waals surface area contributed by atoms with E-state index in [9.17, 15) is 0 Å². The van der Waals surface area contributed by atoms with Crippen LogP contribution in [-0.2, 0) is 0 Å². The predicted octanol–water partition coefficient (Wildman–Crippen LogP) is 2.67. The molecule has 1 nitrogen and oxygen atoms in total. The van der Waals surface area contributed by atoms with E-state index < -0.39 is 0 Å². The molecule has 0 heterocycles. The van der Waals surface area contributed by atoms with Gasteiger partial charge in [0.2, 0.25) is 0 Å². The number of hydrogen-bond acceptors (Lipinski definition) is 1. The van der Waals surface area contributed by atoms with Crippen molar-refractivity contribution in [3.63, 3.8) is 0 Å². The van der Waals surface area contributed by atoms with Crippen molar-refractivity contribution in [3.05, 3.63) is 24.6 Å². The maximum Gasteiger partial charge on any atom is -0.000654 e. The van der Waals surface area contributed by atoms with Crippen molar-refractivity contribution in [3.8, 4) is 0 Å². The van der Waals surface area contributed by atoms with E-state index in [2.05, 4.69) is 32.7 Å². The summed E-state index contributed by atoms with van der Waals surface area (Å²) in [6.07, 6.45) is 4.83. The predicted molar refractivity (Wildman–Crippen MR) is 46.5 cm³/mol. The monoisotopic (exact) mass is 139 g/mol. The van der Waals surface area contributed by atoms with E-state index in [-0.39, 0.29) is 0 Å². The molecule has 0 saturated carbocycles. The third kappa shape index (κ3) is 5.42. The minimum atomic E-state index is 0.739. The van der Waals surface area contributed by atoms with E-state index in [1.54, 1.807) is 6.20 Å². The van der Waals surface area contributed by atoms with E-state index in [4.69, 9.17) is 0 Å². The van der Waals surface area contributed by atoms with Gasteiger partial charge in [-0.2, -0.15) is 0 Å². The largest absolute Gasteiger partial charge is 0.368 e. The van der Waals surface area contributed by atoms with E-state index in [1.165, 1.54) is 5.57 Å². The van der Waals surface area contributed by atoms with Crippen molar-refractivity contribution in [2.45, 2.75) is 27.2 Å². The molecule has 0 aliphatic heterocycles. The summed E-state index contributed by atoms with van der Waals surface area (Å²) in [5.41, 5.74) is 1.37. The van der Waals surface area contributed by atoms with Gasteiger partial charge in [-0.3, -0.25) is 0 Å². The van der Waals surface area contributed by atoms with Crippen LogP contribution in [0.3, 0.4) is 0 Å². The molecule has 0 aliphatic carbocycles. The van der Waals surface area contributed by atoms with Crippen LogP contribution in [0.15, 0.2) is 24.6 Å². The molecule has 0 spiro atoms. The summed E-state index contributed by atoms with van der Waals surface area (Å²) in [4.78, 5) is 0. The number of rotatable bonds is 4. The van der Waals surface area contributed by atoms with Crippen LogP contribution in [0.25, 0.3) is 0 Å². The summed E-state index contributed by atoms with van der Waals surface area (Å²) in [7, 11) is 0. The van der Waals surface area contributed by atoms with Gasteiger partial charge in [0, 0.05) is 0 Å². The first kappa shape index (κ1) is 9.28. The van der Waals surface area contributed by atoms with Crippen LogP contribution in [0, 0.1) is 5.92 Å². The van der Waals surface area contributed by atoms with Gasteiger partial charge in [0.25, 0.3) is 0 Å². The van der Waals surface area contributed by atoms with Crippen LogP contribution in [-0.4, -0.2) is 0 Å². The summed E-state index contributed by atoms with van der Waals surface area (Å²) >= 11 is 0. The van der Waals surface area contributed by atoms with E-state index >= 15 is 0 Å². The highest BCUT2D eigenvalue weighted by Gasteiger charge is 1.93. The van der Waals surface area contributed by atoms with Crippen LogP contribution in [0.5, 0.6) is 0 Å². The van der Waals surface area contributed by atoms with Crippen molar-refractivity contribution >= 4 is 0 Å². The second-order valence-electron chi connectivity index (χ2n) is 2.96. The van der Waals surface area contributed by atoms with Crippen molar-refractivity contribution in [1.29, 1.82) is 0 Å². The zero-order valence-corrected chi connectivity index (χ0v) is 7.15. The highest BCUT2D eigenvalue weighted by molar-refractivity contribution is 4.98. The SMILES string of the molecule is C=CN/C=C(\C)CC(C)C. The fourth-order valence-corrected chi connectivity index (χ4v) is 0.904. The quantitative estimate of drug-likeness (QED) is 0.631. The maximum absolute atomic E-state index is 3.56. The number of hydrogen-bond donors (Lipinski definition) is 1. The Morgan fingerprint density at radius 1 is 1.60 bits per heavy atom. The van der Waals surface area contributed by atoms with E-state index in [0.29, 0.717) is 0 Å². The molecule has 0 bridgehead atoms. The Balaban J connectivity index is 3.59. The molecule has 1 N–H and O–H groups in total. The average Bonchev–Trinajstić information content (AvgIpc) is 1.82. The maximum atomic E-state index is 3.56. The van der Waals surface area contributed by atoms with Gasteiger partial charge >= 0.3 is 0 Å². The summed E-state index contributed by atoms with van der Waals surface area (Å²) in [5, 5.41) is 2.96. The minimum Gasteiger partial charge on any atom is -0.368 e. The van der Waals surface area contributed by atoms with Crippen LogP contribution >= 0.6 is 0 Å². The molecule has 0 fully saturated rings.